The molecule has 1 atom stereocenters. The van der Waals surface area contributed by atoms with Crippen molar-refractivity contribution < 1.29 is 0 Å². The summed E-state index contributed by atoms with van der Waals surface area (Å²) in [6, 6.07) is 4.83. The lowest BCUT2D eigenvalue weighted by Crippen LogP contribution is -2.31. The van der Waals surface area contributed by atoms with Crippen LogP contribution in [0.1, 0.15) is 57.9 Å². The summed E-state index contributed by atoms with van der Waals surface area (Å²) in [5.74, 6) is 0. The van der Waals surface area contributed by atoms with Gasteiger partial charge in [0.25, 0.3) is 0 Å². The highest BCUT2D eigenvalue weighted by molar-refractivity contribution is 5.10. The van der Waals surface area contributed by atoms with E-state index in [1.165, 1.54) is 44.1 Å². The molecule has 0 saturated carbocycles. The van der Waals surface area contributed by atoms with Crippen molar-refractivity contribution in [3.05, 3.63) is 30.1 Å². The Morgan fingerprint density at radius 3 is 2.72 bits per heavy atom. The molecule has 0 aliphatic heterocycles. The Labute approximate surface area is 112 Å². The molecule has 2 heteroatoms. The van der Waals surface area contributed by atoms with Crippen LogP contribution in [0.3, 0.4) is 0 Å². The van der Waals surface area contributed by atoms with Crippen molar-refractivity contribution in [2.45, 2.75) is 64.8 Å². The van der Waals surface area contributed by atoms with Crippen LogP contribution in [0.2, 0.25) is 0 Å². The van der Waals surface area contributed by atoms with E-state index in [1.807, 2.05) is 18.5 Å². The van der Waals surface area contributed by atoms with Gasteiger partial charge in [0.2, 0.25) is 0 Å². The molecule has 1 unspecified atom stereocenters. The van der Waals surface area contributed by atoms with Crippen LogP contribution in [0.15, 0.2) is 24.5 Å². The molecule has 1 rings (SSSR count). The summed E-state index contributed by atoms with van der Waals surface area (Å²) in [5.41, 5.74) is 1.35. The maximum Gasteiger partial charge on any atom is 0.0300 e. The SMILES string of the molecule is CCCCCCC(Cc1cccnc1)NCCC. The number of hydrogen-bond donors (Lipinski definition) is 1. The fourth-order valence-corrected chi connectivity index (χ4v) is 2.25. The van der Waals surface area contributed by atoms with Gasteiger partial charge in [0, 0.05) is 18.4 Å². The Kier molecular flexibility index (Phi) is 8.49. The molecule has 102 valence electrons. The average Bonchev–Trinajstić information content (AvgIpc) is 2.41. The first kappa shape index (κ1) is 15.2. The van der Waals surface area contributed by atoms with E-state index in [-0.39, 0.29) is 0 Å². The van der Waals surface area contributed by atoms with Crippen molar-refractivity contribution in [3.63, 3.8) is 0 Å². The second-order valence-corrected chi connectivity index (χ2v) is 5.07. The van der Waals surface area contributed by atoms with Gasteiger partial charge in [-0.05, 0) is 37.4 Å². The lowest BCUT2D eigenvalue weighted by molar-refractivity contribution is 0.453. The number of unbranched alkanes of at least 4 members (excludes halogenated alkanes) is 3. The highest BCUT2D eigenvalue weighted by Gasteiger charge is 2.08. The van der Waals surface area contributed by atoms with Gasteiger partial charge in [-0.25, -0.2) is 0 Å². The third kappa shape index (κ3) is 6.75. The van der Waals surface area contributed by atoms with E-state index in [4.69, 9.17) is 0 Å². The zero-order valence-electron chi connectivity index (χ0n) is 12.0. The van der Waals surface area contributed by atoms with Crippen molar-refractivity contribution in [1.82, 2.24) is 10.3 Å². The Morgan fingerprint density at radius 2 is 2.06 bits per heavy atom. The Morgan fingerprint density at radius 1 is 1.17 bits per heavy atom. The van der Waals surface area contributed by atoms with Gasteiger partial charge in [0.15, 0.2) is 0 Å². The number of nitrogens with one attached hydrogen (secondary N) is 1. The Hall–Kier alpha value is -0.890. The van der Waals surface area contributed by atoms with E-state index in [1.54, 1.807) is 0 Å². The molecule has 0 amide bonds. The Bertz CT molecular complexity index is 284. The van der Waals surface area contributed by atoms with Crippen LogP contribution in [0.4, 0.5) is 0 Å². The van der Waals surface area contributed by atoms with E-state index < -0.39 is 0 Å². The standard InChI is InChI=1S/C16H28N2/c1-3-5-6-7-10-16(18-11-4-2)13-15-9-8-12-17-14-15/h8-9,12,14,16,18H,3-7,10-11,13H2,1-2H3. The first-order valence-electron chi connectivity index (χ1n) is 7.49. The third-order valence-electron chi connectivity index (χ3n) is 3.29. The maximum absolute atomic E-state index is 4.20. The number of aromatic nitrogens is 1. The lowest BCUT2D eigenvalue weighted by atomic mass is 10.0. The lowest BCUT2D eigenvalue weighted by Gasteiger charge is -2.18. The average molecular weight is 248 g/mol. The molecule has 0 saturated heterocycles. The molecule has 0 aliphatic carbocycles. The molecule has 2 nitrogen and oxygen atoms in total. The van der Waals surface area contributed by atoms with Gasteiger partial charge in [0.1, 0.15) is 0 Å². The number of pyridine rings is 1. The van der Waals surface area contributed by atoms with Crippen molar-refractivity contribution >= 4 is 0 Å². The smallest absolute Gasteiger partial charge is 0.0300 e. The summed E-state index contributed by atoms with van der Waals surface area (Å²) in [7, 11) is 0. The van der Waals surface area contributed by atoms with Crippen LogP contribution in [0.5, 0.6) is 0 Å². The normalized spacial score (nSPS) is 12.6. The fourth-order valence-electron chi connectivity index (χ4n) is 2.25. The monoisotopic (exact) mass is 248 g/mol. The highest BCUT2D eigenvalue weighted by Crippen LogP contribution is 2.10. The summed E-state index contributed by atoms with van der Waals surface area (Å²) in [6.07, 6.45) is 12.8. The van der Waals surface area contributed by atoms with Crippen molar-refractivity contribution in [1.29, 1.82) is 0 Å². The summed E-state index contributed by atoms with van der Waals surface area (Å²) in [5, 5.41) is 3.67. The van der Waals surface area contributed by atoms with Gasteiger partial charge in [-0.15, -0.1) is 0 Å². The van der Waals surface area contributed by atoms with Gasteiger partial charge in [0.05, 0.1) is 0 Å². The van der Waals surface area contributed by atoms with Gasteiger partial charge >= 0.3 is 0 Å². The van der Waals surface area contributed by atoms with Gasteiger partial charge < -0.3 is 5.32 Å². The topological polar surface area (TPSA) is 24.9 Å². The number of nitrogens with zero attached hydrogens (tertiary/aromatic N) is 1. The molecular weight excluding hydrogens is 220 g/mol. The van der Waals surface area contributed by atoms with Crippen molar-refractivity contribution in [2.75, 3.05) is 6.54 Å². The predicted octanol–water partition coefficient (Wildman–Crippen LogP) is 3.96. The van der Waals surface area contributed by atoms with E-state index in [0.29, 0.717) is 6.04 Å². The minimum atomic E-state index is 0.617. The summed E-state index contributed by atoms with van der Waals surface area (Å²) >= 11 is 0. The van der Waals surface area contributed by atoms with Crippen molar-refractivity contribution in [3.8, 4) is 0 Å². The number of rotatable bonds is 10. The molecule has 0 aromatic carbocycles. The third-order valence-corrected chi connectivity index (χ3v) is 3.29. The summed E-state index contributed by atoms with van der Waals surface area (Å²) in [6.45, 7) is 5.62. The van der Waals surface area contributed by atoms with Crippen LogP contribution < -0.4 is 5.32 Å². The molecule has 0 fully saturated rings. The van der Waals surface area contributed by atoms with Gasteiger partial charge in [-0.1, -0.05) is 45.6 Å². The molecule has 0 radical (unpaired) electrons. The first-order chi connectivity index (χ1) is 8.86. The molecule has 0 aliphatic rings. The van der Waals surface area contributed by atoms with E-state index >= 15 is 0 Å². The second-order valence-electron chi connectivity index (χ2n) is 5.07. The summed E-state index contributed by atoms with van der Waals surface area (Å²) in [4.78, 5) is 4.20. The maximum atomic E-state index is 4.20. The quantitative estimate of drug-likeness (QED) is 0.634. The van der Waals surface area contributed by atoms with Crippen LogP contribution in [0, 0.1) is 0 Å². The molecule has 1 heterocycles. The van der Waals surface area contributed by atoms with Crippen LogP contribution in [0.25, 0.3) is 0 Å². The molecule has 1 N–H and O–H groups in total. The zero-order valence-corrected chi connectivity index (χ0v) is 12.0. The van der Waals surface area contributed by atoms with Gasteiger partial charge in [-0.3, -0.25) is 4.98 Å². The van der Waals surface area contributed by atoms with Crippen LogP contribution in [-0.4, -0.2) is 17.6 Å². The van der Waals surface area contributed by atoms with Crippen LogP contribution in [-0.2, 0) is 6.42 Å². The molecular formula is C16H28N2. The molecule has 0 spiro atoms. The van der Waals surface area contributed by atoms with E-state index in [2.05, 4.69) is 30.2 Å². The minimum Gasteiger partial charge on any atom is -0.314 e. The van der Waals surface area contributed by atoms with Crippen LogP contribution >= 0.6 is 0 Å². The zero-order chi connectivity index (χ0) is 13.1. The van der Waals surface area contributed by atoms with E-state index in [0.717, 1.165) is 13.0 Å². The molecule has 1 aromatic rings. The first-order valence-corrected chi connectivity index (χ1v) is 7.49. The fraction of sp³-hybridized carbons (Fsp3) is 0.688. The number of hydrogen-bond acceptors (Lipinski definition) is 2. The summed E-state index contributed by atoms with van der Waals surface area (Å²) < 4.78 is 0. The molecule has 0 bridgehead atoms. The Balaban J connectivity index is 2.35. The predicted molar refractivity (Wildman–Crippen MR) is 78.8 cm³/mol. The minimum absolute atomic E-state index is 0.617. The van der Waals surface area contributed by atoms with Crippen molar-refractivity contribution in [2.24, 2.45) is 0 Å². The molecule has 18 heavy (non-hydrogen) atoms. The second kappa shape index (κ2) is 10.1. The van der Waals surface area contributed by atoms with Gasteiger partial charge in [-0.2, -0.15) is 0 Å². The molecule has 1 aromatic heterocycles. The highest BCUT2D eigenvalue weighted by atomic mass is 14.9. The van der Waals surface area contributed by atoms with E-state index in [9.17, 15) is 0 Å². The largest absolute Gasteiger partial charge is 0.314 e.